The molecule has 0 radical (unpaired) electrons. The van der Waals surface area contributed by atoms with Crippen molar-refractivity contribution in [2.75, 3.05) is 19.6 Å². The molecule has 5 nitrogen and oxygen atoms in total. The fraction of sp³-hybridized carbons (Fsp3) is 0.429. The van der Waals surface area contributed by atoms with Crippen LogP contribution in [0.2, 0.25) is 0 Å². The lowest BCUT2D eigenvalue weighted by atomic mass is 10.1. The summed E-state index contributed by atoms with van der Waals surface area (Å²) >= 11 is 1.67. The number of furan rings is 1. The van der Waals surface area contributed by atoms with Crippen LogP contribution in [-0.4, -0.2) is 35.4 Å². The molecular formula is C21H25N3O2S. The van der Waals surface area contributed by atoms with Gasteiger partial charge in [0.25, 0.3) is 0 Å². The summed E-state index contributed by atoms with van der Waals surface area (Å²) in [6.45, 7) is 2.71. The van der Waals surface area contributed by atoms with Gasteiger partial charge in [-0.15, -0.1) is 11.3 Å². The van der Waals surface area contributed by atoms with Crippen molar-refractivity contribution in [1.82, 2.24) is 15.2 Å². The van der Waals surface area contributed by atoms with Gasteiger partial charge in [-0.05, 0) is 50.2 Å². The van der Waals surface area contributed by atoms with E-state index >= 15 is 0 Å². The summed E-state index contributed by atoms with van der Waals surface area (Å²) in [5.41, 5.74) is 1.01. The summed E-state index contributed by atoms with van der Waals surface area (Å²) < 4.78 is 6.82. The topological polar surface area (TPSA) is 58.4 Å². The maximum absolute atomic E-state index is 12.4. The zero-order chi connectivity index (χ0) is 18.5. The number of rotatable bonds is 7. The number of likely N-dealkylation sites (tertiary alicyclic amines) is 1. The van der Waals surface area contributed by atoms with Gasteiger partial charge >= 0.3 is 0 Å². The van der Waals surface area contributed by atoms with Crippen LogP contribution in [0, 0.1) is 0 Å². The van der Waals surface area contributed by atoms with Gasteiger partial charge in [-0.1, -0.05) is 18.6 Å². The fourth-order valence-electron chi connectivity index (χ4n) is 3.67. The van der Waals surface area contributed by atoms with Crippen LogP contribution in [0.15, 0.2) is 47.1 Å². The predicted octanol–water partition coefficient (Wildman–Crippen LogP) is 4.17. The number of aryl methyl sites for hydroxylation is 1. The van der Waals surface area contributed by atoms with Crippen molar-refractivity contribution in [1.29, 1.82) is 0 Å². The van der Waals surface area contributed by atoms with E-state index in [2.05, 4.69) is 21.3 Å². The van der Waals surface area contributed by atoms with Crippen LogP contribution in [0.4, 0.5) is 0 Å². The van der Waals surface area contributed by atoms with E-state index in [1.165, 1.54) is 24.0 Å². The van der Waals surface area contributed by atoms with Crippen LogP contribution in [0.25, 0.3) is 10.2 Å². The third-order valence-electron chi connectivity index (χ3n) is 5.10. The van der Waals surface area contributed by atoms with Crippen LogP contribution >= 0.6 is 11.3 Å². The Morgan fingerprint density at radius 3 is 2.81 bits per heavy atom. The van der Waals surface area contributed by atoms with Crippen molar-refractivity contribution in [3.05, 3.63) is 53.4 Å². The molecule has 2 aromatic heterocycles. The Morgan fingerprint density at radius 2 is 2.04 bits per heavy atom. The number of nitrogens with zero attached hydrogens (tertiary/aromatic N) is 2. The molecule has 1 aliphatic heterocycles. The third kappa shape index (κ3) is 4.57. The maximum Gasteiger partial charge on any atom is 0.220 e. The first-order valence-electron chi connectivity index (χ1n) is 9.68. The number of piperidine rings is 1. The van der Waals surface area contributed by atoms with Crippen molar-refractivity contribution in [3.63, 3.8) is 0 Å². The molecule has 1 atom stereocenters. The minimum absolute atomic E-state index is 0.0721. The van der Waals surface area contributed by atoms with Gasteiger partial charge in [0, 0.05) is 19.4 Å². The number of fused-ring (bicyclic) bond motifs is 1. The minimum Gasteiger partial charge on any atom is -0.468 e. The molecule has 1 saturated heterocycles. The second kappa shape index (κ2) is 8.67. The lowest BCUT2D eigenvalue weighted by Gasteiger charge is -2.33. The SMILES string of the molecule is O=C(CCc1nc2ccccc2s1)NC[C@H](c1ccco1)N1CCCCC1. The monoisotopic (exact) mass is 383 g/mol. The van der Waals surface area contributed by atoms with Crippen molar-refractivity contribution < 1.29 is 9.21 Å². The van der Waals surface area contributed by atoms with Gasteiger partial charge in [0.05, 0.1) is 27.5 Å². The van der Waals surface area contributed by atoms with Crippen LogP contribution in [-0.2, 0) is 11.2 Å². The molecule has 0 spiro atoms. The number of nitrogens with one attached hydrogen (secondary N) is 1. The van der Waals surface area contributed by atoms with E-state index in [1.807, 2.05) is 30.3 Å². The van der Waals surface area contributed by atoms with Gasteiger partial charge < -0.3 is 9.73 Å². The van der Waals surface area contributed by atoms with Gasteiger partial charge in [-0.2, -0.15) is 0 Å². The van der Waals surface area contributed by atoms with Crippen LogP contribution in [0.1, 0.15) is 42.5 Å². The average Bonchev–Trinajstić information content (AvgIpc) is 3.37. The van der Waals surface area contributed by atoms with Gasteiger partial charge in [0.2, 0.25) is 5.91 Å². The normalized spacial score (nSPS) is 16.4. The first-order chi connectivity index (χ1) is 13.3. The van der Waals surface area contributed by atoms with E-state index < -0.39 is 0 Å². The largest absolute Gasteiger partial charge is 0.468 e. The van der Waals surface area contributed by atoms with Gasteiger partial charge in [-0.25, -0.2) is 4.98 Å². The molecule has 0 aliphatic carbocycles. The van der Waals surface area contributed by atoms with E-state index in [4.69, 9.17) is 4.42 Å². The standard InChI is InChI=1S/C21H25N3O2S/c25-20(10-11-21-23-16-7-2-3-9-19(16)27-21)22-15-17(18-8-6-14-26-18)24-12-4-1-5-13-24/h2-3,6-9,14,17H,1,4-5,10-13,15H2,(H,22,25)/t17-/m1/s1. The van der Waals surface area contributed by atoms with E-state index in [0.717, 1.165) is 29.4 Å². The fourth-order valence-corrected chi connectivity index (χ4v) is 4.63. The van der Waals surface area contributed by atoms with E-state index in [0.29, 0.717) is 19.4 Å². The number of amides is 1. The lowest BCUT2D eigenvalue weighted by molar-refractivity contribution is -0.121. The van der Waals surface area contributed by atoms with Crippen molar-refractivity contribution in [2.24, 2.45) is 0 Å². The molecule has 1 aliphatic rings. The smallest absolute Gasteiger partial charge is 0.220 e. The number of benzene rings is 1. The quantitative estimate of drug-likeness (QED) is 0.665. The first kappa shape index (κ1) is 18.2. The zero-order valence-corrected chi connectivity index (χ0v) is 16.2. The molecule has 1 N–H and O–H groups in total. The number of para-hydroxylation sites is 1. The highest BCUT2D eigenvalue weighted by atomic mass is 32.1. The molecule has 27 heavy (non-hydrogen) atoms. The number of carbonyl (C=O) groups excluding carboxylic acids is 1. The van der Waals surface area contributed by atoms with Gasteiger partial charge in [0.1, 0.15) is 5.76 Å². The molecule has 1 amide bonds. The molecule has 142 valence electrons. The first-order valence-corrected chi connectivity index (χ1v) is 10.5. The van der Waals surface area contributed by atoms with E-state index in [-0.39, 0.29) is 11.9 Å². The van der Waals surface area contributed by atoms with Crippen LogP contribution in [0.5, 0.6) is 0 Å². The number of carbonyl (C=O) groups is 1. The Balaban J connectivity index is 1.32. The Bertz CT molecular complexity index is 836. The molecule has 3 heterocycles. The highest BCUT2D eigenvalue weighted by Gasteiger charge is 2.24. The molecule has 0 unspecified atom stereocenters. The van der Waals surface area contributed by atoms with Gasteiger partial charge in [-0.3, -0.25) is 9.69 Å². The van der Waals surface area contributed by atoms with E-state index in [1.54, 1.807) is 17.6 Å². The highest BCUT2D eigenvalue weighted by molar-refractivity contribution is 7.18. The molecule has 1 fully saturated rings. The molecule has 6 heteroatoms. The summed E-state index contributed by atoms with van der Waals surface area (Å²) in [4.78, 5) is 19.4. The minimum atomic E-state index is 0.0721. The second-order valence-electron chi connectivity index (χ2n) is 7.01. The molecular weight excluding hydrogens is 358 g/mol. The van der Waals surface area contributed by atoms with E-state index in [9.17, 15) is 4.79 Å². The molecule has 1 aromatic carbocycles. The summed E-state index contributed by atoms with van der Waals surface area (Å²) in [5.74, 6) is 1.01. The van der Waals surface area contributed by atoms with Crippen molar-refractivity contribution in [2.45, 2.75) is 38.1 Å². The summed E-state index contributed by atoms with van der Waals surface area (Å²) in [6.07, 6.45) is 6.56. The van der Waals surface area contributed by atoms with Crippen LogP contribution in [0.3, 0.4) is 0 Å². The van der Waals surface area contributed by atoms with Crippen molar-refractivity contribution >= 4 is 27.5 Å². The number of hydrogen-bond acceptors (Lipinski definition) is 5. The molecule has 0 bridgehead atoms. The third-order valence-corrected chi connectivity index (χ3v) is 6.20. The number of hydrogen-bond donors (Lipinski definition) is 1. The molecule has 0 saturated carbocycles. The number of thiazole rings is 1. The average molecular weight is 384 g/mol. The zero-order valence-electron chi connectivity index (χ0n) is 15.4. The van der Waals surface area contributed by atoms with Gasteiger partial charge in [0.15, 0.2) is 0 Å². The highest BCUT2D eigenvalue weighted by Crippen LogP contribution is 2.25. The molecule has 3 aromatic rings. The summed E-state index contributed by atoms with van der Waals surface area (Å²) in [6, 6.07) is 12.1. The predicted molar refractivity (Wildman–Crippen MR) is 108 cm³/mol. The lowest BCUT2D eigenvalue weighted by Crippen LogP contribution is -2.40. The maximum atomic E-state index is 12.4. The summed E-state index contributed by atoms with van der Waals surface area (Å²) in [7, 11) is 0. The Hall–Kier alpha value is -2.18. The Kier molecular flexibility index (Phi) is 5.84. The Labute approximate surface area is 163 Å². The van der Waals surface area contributed by atoms with Crippen molar-refractivity contribution in [3.8, 4) is 0 Å². The second-order valence-corrected chi connectivity index (χ2v) is 8.12. The summed E-state index contributed by atoms with van der Waals surface area (Å²) in [5, 5.41) is 4.13. The van der Waals surface area contributed by atoms with Crippen LogP contribution < -0.4 is 5.32 Å². The Morgan fingerprint density at radius 1 is 1.19 bits per heavy atom. The molecule has 4 rings (SSSR count). The number of aromatic nitrogens is 1.